The van der Waals surface area contributed by atoms with Crippen molar-refractivity contribution < 1.29 is 9.59 Å². The van der Waals surface area contributed by atoms with Gasteiger partial charge in [0.25, 0.3) is 0 Å². The van der Waals surface area contributed by atoms with Gasteiger partial charge in [0, 0.05) is 18.1 Å². The van der Waals surface area contributed by atoms with Gasteiger partial charge in [0.05, 0.1) is 6.42 Å². The molecule has 1 N–H and O–H groups in total. The molecule has 3 aromatic rings. The van der Waals surface area contributed by atoms with Crippen LogP contribution < -0.4 is 5.32 Å². The van der Waals surface area contributed by atoms with Gasteiger partial charge in [-0.25, -0.2) is 0 Å². The molecule has 1 heterocycles. The van der Waals surface area contributed by atoms with Crippen molar-refractivity contribution in [2.75, 3.05) is 6.54 Å². The summed E-state index contributed by atoms with van der Waals surface area (Å²) >= 11 is 5.90. The average molecular weight is 407 g/mol. The van der Waals surface area contributed by atoms with Gasteiger partial charge in [-0.1, -0.05) is 66.2 Å². The fourth-order valence-electron chi connectivity index (χ4n) is 3.88. The molecule has 0 saturated carbocycles. The van der Waals surface area contributed by atoms with Crippen molar-refractivity contribution in [2.24, 2.45) is 0 Å². The second kappa shape index (κ2) is 7.88. The number of nitrogens with one attached hydrogen (secondary N) is 1. The number of amides is 2. The number of hydrogen-bond acceptors (Lipinski definition) is 2. The summed E-state index contributed by atoms with van der Waals surface area (Å²) in [5.74, 6) is -0.137. The Morgan fingerprint density at radius 3 is 2.48 bits per heavy atom. The first-order valence-electron chi connectivity index (χ1n) is 9.77. The first-order valence-corrected chi connectivity index (χ1v) is 10.1. The number of benzene rings is 3. The second-order valence-electron chi connectivity index (χ2n) is 7.69. The van der Waals surface area contributed by atoms with E-state index >= 15 is 0 Å². The summed E-state index contributed by atoms with van der Waals surface area (Å²) in [6, 6.07) is 21.4. The quantitative estimate of drug-likeness (QED) is 0.685. The maximum atomic E-state index is 13.0. The standard InChI is InChI=1S/C24H23ClN2O2/c1-24(23(29)26-16-17-9-11-20(25)12-10-17)13-14-27(24)22(28)15-19-7-4-6-18-5-2-3-8-21(18)19/h2-12H,13-16H2,1H3,(H,26,29). The molecule has 2 amide bonds. The molecule has 3 aromatic carbocycles. The summed E-state index contributed by atoms with van der Waals surface area (Å²) in [5.41, 5.74) is 1.16. The number of nitrogens with zero attached hydrogens (tertiary/aromatic N) is 1. The van der Waals surface area contributed by atoms with Gasteiger partial charge in [-0.15, -0.1) is 0 Å². The number of hydrogen-bond donors (Lipinski definition) is 1. The fraction of sp³-hybridized carbons (Fsp3) is 0.250. The van der Waals surface area contributed by atoms with Crippen LogP contribution in [0, 0.1) is 0 Å². The molecule has 4 rings (SSSR count). The van der Waals surface area contributed by atoms with Gasteiger partial charge in [-0.05, 0) is 47.4 Å². The van der Waals surface area contributed by atoms with Crippen LogP contribution in [0.2, 0.25) is 5.02 Å². The molecular formula is C24H23ClN2O2. The largest absolute Gasteiger partial charge is 0.350 e. The van der Waals surface area contributed by atoms with E-state index in [1.54, 1.807) is 17.0 Å². The van der Waals surface area contributed by atoms with E-state index in [1.807, 2.05) is 61.5 Å². The summed E-state index contributed by atoms with van der Waals surface area (Å²) in [6.45, 7) is 2.86. The maximum absolute atomic E-state index is 13.0. The first-order chi connectivity index (χ1) is 14.0. The van der Waals surface area contributed by atoms with Crippen LogP contribution in [0.4, 0.5) is 0 Å². The molecule has 1 unspecified atom stereocenters. The monoisotopic (exact) mass is 406 g/mol. The highest BCUT2D eigenvalue weighted by Crippen LogP contribution is 2.32. The Labute approximate surface area is 175 Å². The number of rotatable bonds is 5. The SMILES string of the molecule is CC1(C(=O)NCc2ccc(Cl)cc2)CCN1C(=O)Cc1cccc2ccccc12. The van der Waals surface area contributed by atoms with E-state index in [-0.39, 0.29) is 11.8 Å². The zero-order valence-corrected chi connectivity index (χ0v) is 17.1. The Morgan fingerprint density at radius 1 is 1.03 bits per heavy atom. The molecule has 1 saturated heterocycles. The van der Waals surface area contributed by atoms with Crippen LogP contribution in [-0.2, 0) is 22.6 Å². The van der Waals surface area contributed by atoms with E-state index in [4.69, 9.17) is 11.6 Å². The molecule has 5 heteroatoms. The zero-order chi connectivity index (χ0) is 20.4. The molecule has 29 heavy (non-hydrogen) atoms. The number of carbonyl (C=O) groups excluding carboxylic acids is 2. The van der Waals surface area contributed by atoms with Crippen LogP contribution in [0.5, 0.6) is 0 Å². The molecule has 0 aliphatic carbocycles. The van der Waals surface area contributed by atoms with Crippen molar-refractivity contribution in [3.63, 3.8) is 0 Å². The van der Waals surface area contributed by atoms with E-state index in [0.717, 1.165) is 21.9 Å². The van der Waals surface area contributed by atoms with Gasteiger partial charge < -0.3 is 10.2 Å². The summed E-state index contributed by atoms with van der Waals surface area (Å²) in [6.07, 6.45) is 0.960. The summed E-state index contributed by atoms with van der Waals surface area (Å²) < 4.78 is 0. The van der Waals surface area contributed by atoms with Crippen molar-refractivity contribution in [3.8, 4) is 0 Å². The predicted molar refractivity (Wildman–Crippen MR) is 116 cm³/mol. The predicted octanol–water partition coefficient (Wildman–Crippen LogP) is 4.34. The summed E-state index contributed by atoms with van der Waals surface area (Å²) in [5, 5.41) is 5.82. The van der Waals surface area contributed by atoms with Crippen LogP contribution in [0.25, 0.3) is 10.8 Å². The second-order valence-corrected chi connectivity index (χ2v) is 8.13. The van der Waals surface area contributed by atoms with Crippen LogP contribution in [0.15, 0.2) is 66.7 Å². The smallest absolute Gasteiger partial charge is 0.246 e. The Kier molecular flexibility index (Phi) is 5.29. The number of fused-ring (bicyclic) bond motifs is 1. The highest BCUT2D eigenvalue weighted by molar-refractivity contribution is 6.30. The molecule has 1 fully saturated rings. The first kappa shape index (κ1) is 19.5. The summed E-state index contributed by atoms with van der Waals surface area (Å²) in [4.78, 5) is 27.5. The van der Waals surface area contributed by atoms with Gasteiger partial charge in [0.15, 0.2) is 0 Å². The van der Waals surface area contributed by atoms with E-state index in [9.17, 15) is 9.59 Å². The Hall–Kier alpha value is -2.85. The van der Waals surface area contributed by atoms with E-state index in [2.05, 4.69) is 5.32 Å². The molecule has 1 aliphatic heterocycles. The van der Waals surface area contributed by atoms with Crippen LogP contribution in [0.3, 0.4) is 0 Å². The third kappa shape index (κ3) is 3.85. The van der Waals surface area contributed by atoms with Gasteiger partial charge >= 0.3 is 0 Å². The van der Waals surface area contributed by atoms with Gasteiger partial charge in [-0.3, -0.25) is 9.59 Å². The molecule has 148 valence electrons. The molecule has 0 aromatic heterocycles. The van der Waals surface area contributed by atoms with Gasteiger partial charge in [0.2, 0.25) is 11.8 Å². The molecule has 4 nitrogen and oxygen atoms in total. The lowest BCUT2D eigenvalue weighted by Crippen LogP contribution is -2.67. The maximum Gasteiger partial charge on any atom is 0.246 e. The third-order valence-corrected chi connectivity index (χ3v) is 6.05. The number of halogens is 1. The molecular weight excluding hydrogens is 384 g/mol. The molecule has 1 aliphatic rings. The van der Waals surface area contributed by atoms with Crippen molar-refractivity contribution in [1.29, 1.82) is 0 Å². The van der Waals surface area contributed by atoms with Crippen molar-refractivity contribution in [2.45, 2.75) is 31.8 Å². The molecule has 0 spiro atoms. The zero-order valence-electron chi connectivity index (χ0n) is 16.3. The topological polar surface area (TPSA) is 49.4 Å². The van der Waals surface area contributed by atoms with Crippen LogP contribution in [0.1, 0.15) is 24.5 Å². The van der Waals surface area contributed by atoms with Crippen molar-refractivity contribution in [3.05, 3.63) is 82.9 Å². The van der Waals surface area contributed by atoms with E-state index < -0.39 is 5.54 Å². The highest BCUT2D eigenvalue weighted by atomic mass is 35.5. The van der Waals surface area contributed by atoms with Crippen LogP contribution >= 0.6 is 11.6 Å². The number of carbonyl (C=O) groups is 2. The lowest BCUT2D eigenvalue weighted by atomic mass is 9.84. The Bertz CT molecular complexity index is 1060. The van der Waals surface area contributed by atoms with Crippen LogP contribution in [-0.4, -0.2) is 28.8 Å². The fourth-order valence-corrected chi connectivity index (χ4v) is 4.00. The summed E-state index contributed by atoms with van der Waals surface area (Å²) in [7, 11) is 0. The normalized spacial score (nSPS) is 18.3. The third-order valence-electron chi connectivity index (χ3n) is 5.80. The lowest BCUT2D eigenvalue weighted by Gasteiger charge is -2.49. The lowest BCUT2D eigenvalue weighted by molar-refractivity contribution is -0.157. The van der Waals surface area contributed by atoms with E-state index in [0.29, 0.717) is 31.0 Å². The minimum Gasteiger partial charge on any atom is -0.350 e. The molecule has 0 radical (unpaired) electrons. The average Bonchev–Trinajstić information content (AvgIpc) is 2.72. The number of likely N-dealkylation sites (tertiary alicyclic amines) is 1. The molecule has 1 atom stereocenters. The minimum absolute atomic E-state index is 0.0169. The Morgan fingerprint density at radius 2 is 1.76 bits per heavy atom. The van der Waals surface area contributed by atoms with Gasteiger partial charge in [-0.2, -0.15) is 0 Å². The highest BCUT2D eigenvalue weighted by Gasteiger charge is 2.49. The van der Waals surface area contributed by atoms with Crippen molar-refractivity contribution in [1.82, 2.24) is 10.2 Å². The van der Waals surface area contributed by atoms with Crippen molar-refractivity contribution >= 4 is 34.2 Å². The molecule has 0 bridgehead atoms. The Balaban J connectivity index is 1.43. The van der Waals surface area contributed by atoms with E-state index in [1.165, 1.54) is 0 Å². The minimum atomic E-state index is -0.798. The van der Waals surface area contributed by atoms with Gasteiger partial charge in [0.1, 0.15) is 5.54 Å².